The third-order valence-corrected chi connectivity index (χ3v) is 1.46. The number of H-pyrrole nitrogens is 1. The lowest BCUT2D eigenvalue weighted by Gasteiger charge is -2.00. The number of halogens is 1. The van der Waals surface area contributed by atoms with Gasteiger partial charge in [-0.2, -0.15) is 0 Å². The lowest BCUT2D eigenvalue weighted by atomic mass is 10.4. The maximum Gasteiger partial charge on any atom is 0.127 e. The lowest BCUT2D eigenvalue weighted by Crippen LogP contribution is -2.01. The van der Waals surface area contributed by atoms with Crippen LogP contribution in [0.3, 0.4) is 0 Å². The Morgan fingerprint density at radius 3 is 2.27 bits per heavy atom. The number of hydrogen-bond acceptors (Lipinski definition) is 4. The van der Waals surface area contributed by atoms with E-state index in [2.05, 4.69) is 4.98 Å². The van der Waals surface area contributed by atoms with Gasteiger partial charge < -0.3 is 22.2 Å². The number of rotatable bonds is 0. The number of hydrogen-bond donors (Lipinski definition) is 4. The van der Waals surface area contributed by atoms with E-state index in [4.69, 9.17) is 29.4 Å². The highest BCUT2D eigenvalue weighted by molar-refractivity contribution is 7.71. The van der Waals surface area contributed by atoms with Crippen LogP contribution in [0.25, 0.3) is 0 Å². The summed E-state index contributed by atoms with van der Waals surface area (Å²) in [5.41, 5.74) is 16.6. The Morgan fingerprint density at radius 2 is 1.82 bits per heavy atom. The molecular formula is C5H9ClN4S. The van der Waals surface area contributed by atoms with E-state index in [1.54, 1.807) is 6.07 Å². The third kappa shape index (κ3) is 1.99. The number of nitrogen functional groups attached to an aromatic ring is 3. The molecule has 0 aliphatic rings. The Balaban J connectivity index is 0.000001000. The third-order valence-electron chi connectivity index (χ3n) is 1.12. The number of nitrogens with one attached hydrogen (secondary N) is 1. The first-order chi connectivity index (χ1) is 4.61. The SMILES string of the molecule is Cl.Nc1cc(=S)c(N)c(N)[nH]1. The molecule has 1 aromatic rings. The van der Waals surface area contributed by atoms with Crippen molar-refractivity contribution in [2.24, 2.45) is 0 Å². The van der Waals surface area contributed by atoms with Crippen molar-refractivity contribution in [1.82, 2.24) is 4.98 Å². The van der Waals surface area contributed by atoms with Crippen molar-refractivity contribution >= 4 is 41.9 Å². The topological polar surface area (TPSA) is 93.8 Å². The van der Waals surface area contributed by atoms with Crippen LogP contribution >= 0.6 is 24.6 Å². The highest BCUT2D eigenvalue weighted by atomic mass is 35.5. The fourth-order valence-corrected chi connectivity index (χ4v) is 0.848. The maximum absolute atomic E-state index is 5.43. The van der Waals surface area contributed by atoms with Gasteiger partial charge in [0.05, 0.1) is 10.2 Å². The molecule has 62 valence electrons. The van der Waals surface area contributed by atoms with E-state index in [-0.39, 0.29) is 12.4 Å². The fraction of sp³-hybridized carbons (Fsp3) is 0. The van der Waals surface area contributed by atoms with Crippen LogP contribution in [0.5, 0.6) is 0 Å². The van der Waals surface area contributed by atoms with Crippen LogP contribution in [0.2, 0.25) is 0 Å². The van der Waals surface area contributed by atoms with Crippen LogP contribution in [-0.4, -0.2) is 4.98 Å². The number of aromatic amines is 1. The first-order valence-electron chi connectivity index (χ1n) is 2.65. The van der Waals surface area contributed by atoms with Gasteiger partial charge in [-0.15, -0.1) is 12.4 Å². The van der Waals surface area contributed by atoms with Gasteiger partial charge in [-0.3, -0.25) is 0 Å². The Kier molecular flexibility index (Phi) is 3.16. The average Bonchev–Trinajstić information content (AvgIpc) is 1.82. The van der Waals surface area contributed by atoms with E-state index in [1.165, 1.54) is 0 Å². The van der Waals surface area contributed by atoms with Gasteiger partial charge in [0.1, 0.15) is 11.6 Å². The van der Waals surface area contributed by atoms with Crippen molar-refractivity contribution in [2.45, 2.75) is 0 Å². The van der Waals surface area contributed by atoms with Crippen molar-refractivity contribution in [3.05, 3.63) is 10.6 Å². The highest BCUT2D eigenvalue weighted by Crippen LogP contribution is 2.14. The summed E-state index contributed by atoms with van der Waals surface area (Å²) in [6.07, 6.45) is 0. The molecule has 4 nitrogen and oxygen atoms in total. The molecule has 0 amide bonds. The molecular weight excluding hydrogens is 184 g/mol. The van der Waals surface area contributed by atoms with Gasteiger partial charge in [0.25, 0.3) is 0 Å². The van der Waals surface area contributed by atoms with E-state index in [0.717, 1.165) is 0 Å². The molecule has 6 heteroatoms. The van der Waals surface area contributed by atoms with E-state index < -0.39 is 0 Å². The summed E-state index contributed by atoms with van der Waals surface area (Å²) >= 11 is 4.82. The molecule has 0 spiro atoms. The molecule has 0 aliphatic carbocycles. The molecule has 7 N–H and O–H groups in total. The van der Waals surface area contributed by atoms with Crippen molar-refractivity contribution in [3.63, 3.8) is 0 Å². The quantitative estimate of drug-likeness (QED) is 0.460. The van der Waals surface area contributed by atoms with Gasteiger partial charge in [0.15, 0.2) is 0 Å². The second kappa shape index (κ2) is 3.45. The number of pyridine rings is 1. The zero-order valence-corrected chi connectivity index (χ0v) is 7.26. The van der Waals surface area contributed by atoms with E-state index in [1.807, 2.05) is 0 Å². The highest BCUT2D eigenvalue weighted by Gasteiger charge is 1.95. The van der Waals surface area contributed by atoms with Gasteiger partial charge in [-0.05, 0) is 6.07 Å². The molecule has 0 unspecified atom stereocenters. The minimum absolute atomic E-state index is 0. The molecule has 11 heavy (non-hydrogen) atoms. The van der Waals surface area contributed by atoms with Crippen molar-refractivity contribution < 1.29 is 0 Å². The average molecular weight is 193 g/mol. The van der Waals surface area contributed by atoms with Crippen molar-refractivity contribution in [1.29, 1.82) is 0 Å². The molecule has 0 radical (unpaired) electrons. The molecule has 1 rings (SSSR count). The summed E-state index contributed by atoms with van der Waals surface area (Å²) in [5, 5.41) is 0. The van der Waals surface area contributed by atoms with Crippen LogP contribution in [0.15, 0.2) is 6.07 Å². The van der Waals surface area contributed by atoms with Gasteiger partial charge in [0.2, 0.25) is 0 Å². The van der Waals surface area contributed by atoms with Crippen LogP contribution in [0, 0.1) is 4.51 Å². The van der Waals surface area contributed by atoms with Crippen molar-refractivity contribution in [2.75, 3.05) is 17.2 Å². The number of anilines is 3. The standard InChI is InChI=1S/C5H8N4S.ClH/c6-3-1-2(10)4(7)5(8)9-3;/h1H,7H2,(H5,6,8,9,10);1H. The summed E-state index contributed by atoms with van der Waals surface area (Å²) in [6, 6.07) is 1.56. The van der Waals surface area contributed by atoms with Crippen LogP contribution < -0.4 is 17.2 Å². The van der Waals surface area contributed by atoms with Crippen LogP contribution in [-0.2, 0) is 0 Å². The summed E-state index contributed by atoms with van der Waals surface area (Å²) in [7, 11) is 0. The molecule has 0 bridgehead atoms. The Morgan fingerprint density at radius 1 is 1.27 bits per heavy atom. The summed E-state index contributed by atoms with van der Waals surface area (Å²) in [5.74, 6) is 0.752. The van der Waals surface area contributed by atoms with Crippen LogP contribution in [0.1, 0.15) is 0 Å². The molecule has 0 aromatic carbocycles. The van der Waals surface area contributed by atoms with Gasteiger partial charge in [-0.1, -0.05) is 12.2 Å². The largest absolute Gasteiger partial charge is 0.395 e. The molecule has 0 saturated carbocycles. The molecule has 0 fully saturated rings. The minimum Gasteiger partial charge on any atom is -0.395 e. The second-order valence-electron chi connectivity index (χ2n) is 1.92. The molecule has 0 saturated heterocycles. The first-order valence-corrected chi connectivity index (χ1v) is 3.06. The Hall–Kier alpha value is -0.940. The number of nitrogens with two attached hydrogens (primary N) is 3. The minimum atomic E-state index is 0. The maximum atomic E-state index is 5.43. The van der Waals surface area contributed by atoms with Crippen molar-refractivity contribution in [3.8, 4) is 0 Å². The summed E-state index contributed by atoms with van der Waals surface area (Å²) < 4.78 is 0.480. The Labute approximate surface area is 75.2 Å². The molecule has 0 aliphatic heterocycles. The zero-order valence-electron chi connectivity index (χ0n) is 5.63. The zero-order chi connectivity index (χ0) is 7.72. The normalized spacial score (nSPS) is 8.73. The smallest absolute Gasteiger partial charge is 0.127 e. The van der Waals surface area contributed by atoms with E-state index >= 15 is 0 Å². The molecule has 1 aromatic heterocycles. The molecule has 0 atom stereocenters. The van der Waals surface area contributed by atoms with Gasteiger partial charge in [0, 0.05) is 0 Å². The van der Waals surface area contributed by atoms with Gasteiger partial charge >= 0.3 is 0 Å². The summed E-state index contributed by atoms with van der Waals surface area (Å²) in [6.45, 7) is 0. The predicted octanol–water partition coefficient (Wildman–Crippen LogP) is 0.913. The first kappa shape index (κ1) is 10.1. The summed E-state index contributed by atoms with van der Waals surface area (Å²) in [4.78, 5) is 2.64. The predicted molar refractivity (Wildman–Crippen MR) is 52.1 cm³/mol. The fourth-order valence-electron chi connectivity index (χ4n) is 0.611. The Bertz CT molecular complexity index is 308. The number of aromatic nitrogens is 1. The second-order valence-corrected chi connectivity index (χ2v) is 2.36. The van der Waals surface area contributed by atoms with Gasteiger partial charge in [-0.25, -0.2) is 0 Å². The van der Waals surface area contributed by atoms with Crippen LogP contribution in [0.4, 0.5) is 17.3 Å². The van der Waals surface area contributed by atoms with E-state index in [9.17, 15) is 0 Å². The monoisotopic (exact) mass is 192 g/mol. The molecule has 1 heterocycles. The van der Waals surface area contributed by atoms with E-state index in [0.29, 0.717) is 21.8 Å². The lowest BCUT2D eigenvalue weighted by molar-refractivity contribution is 1.34.